The summed E-state index contributed by atoms with van der Waals surface area (Å²) in [6, 6.07) is 6.13. The average Bonchev–Trinajstić information content (AvgIpc) is 2.43. The first-order chi connectivity index (χ1) is 10.1. The SMILES string of the molecule is CCOC(=O)CC(=S)N(CCCOC)c1cccc(F)c1. The van der Waals surface area contributed by atoms with E-state index < -0.39 is 0 Å². The Labute approximate surface area is 129 Å². The summed E-state index contributed by atoms with van der Waals surface area (Å²) in [5.41, 5.74) is 0.625. The molecule has 0 atom stereocenters. The van der Waals surface area contributed by atoms with Gasteiger partial charge in [0.2, 0.25) is 0 Å². The summed E-state index contributed by atoms with van der Waals surface area (Å²) >= 11 is 5.30. The second kappa shape index (κ2) is 9.41. The number of anilines is 1. The van der Waals surface area contributed by atoms with Crippen molar-refractivity contribution < 1.29 is 18.7 Å². The molecule has 4 nitrogen and oxygen atoms in total. The highest BCUT2D eigenvalue weighted by atomic mass is 32.1. The molecule has 0 aliphatic carbocycles. The molecule has 0 fully saturated rings. The first kappa shape index (κ1) is 17.5. The predicted molar refractivity (Wildman–Crippen MR) is 84.1 cm³/mol. The second-order valence-electron chi connectivity index (χ2n) is 4.35. The van der Waals surface area contributed by atoms with Gasteiger partial charge in [-0.1, -0.05) is 18.3 Å². The molecule has 21 heavy (non-hydrogen) atoms. The van der Waals surface area contributed by atoms with Gasteiger partial charge in [0.05, 0.1) is 18.0 Å². The van der Waals surface area contributed by atoms with Crippen molar-refractivity contribution in [2.24, 2.45) is 0 Å². The molecule has 0 saturated carbocycles. The minimum absolute atomic E-state index is 0.00662. The topological polar surface area (TPSA) is 38.8 Å². The van der Waals surface area contributed by atoms with Gasteiger partial charge < -0.3 is 14.4 Å². The lowest BCUT2D eigenvalue weighted by Crippen LogP contribution is -2.33. The van der Waals surface area contributed by atoms with E-state index in [-0.39, 0.29) is 18.2 Å². The molecule has 0 heterocycles. The maximum Gasteiger partial charge on any atom is 0.312 e. The zero-order valence-electron chi connectivity index (χ0n) is 12.3. The molecule has 116 valence electrons. The van der Waals surface area contributed by atoms with Crippen LogP contribution < -0.4 is 4.90 Å². The molecular formula is C15H20FNO3S. The number of carbonyl (C=O) groups excluding carboxylic acids is 1. The number of carbonyl (C=O) groups is 1. The highest BCUT2D eigenvalue weighted by Gasteiger charge is 2.16. The molecule has 0 aromatic heterocycles. The van der Waals surface area contributed by atoms with Crippen molar-refractivity contribution >= 4 is 28.9 Å². The number of ether oxygens (including phenoxy) is 2. The van der Waals surface area contributed by atoms with Crippen molar-refractivity contribution in [2.75, 3.05) is 31.8 Å². The number of nitrogens with zero attached hydrogens (tertiary/aromatic N) is 1. The number of rotatable bonds is 8. The Morgan fingerprint density at radius 2 is 2.19 bits per heavy atom. The Kier molecular flexibility index (Phi) is 7.85. The number of methoxy groups -OCH3 is 1. The summed E-state index contributed by atoms with van der Waals surface area (Å²) in [5.74, 6) is -0.723. The maximum atomic E-state index is 13.4. The second-order valence-corrected chi connectivity index (χ2v) is 4.82. The number of benzene rings is 1. The molecule has 0 saturated heterocycles. The average molecular weight is 313 g/mol. The van der Waals surface area contributed by atoms with Crippen molar-refractivity contribution in [1.82, 2.24) is 0 Å². The summed E-state index contributed by atoms with van der Waals surface area (Å²) in [6.45, 7) is 3.17. The van der Waals surface area contributed by atoms with Crippen LogP contribution in [0, 0.1) is 5.82 Å². The third-order valence-corrected chi connectivity index (χ3v) is 3.12. The number of thiocarbonyl (C=S) groups is 1. The summed E-state index contributed by atoms with van der Waals surface area (Å²) in [5, 5.41) is 0. The lowest BCUT2D eigenvalue weighted by molar-refractivity contribution is -0.141. The molecule has 0 aliphatic heterocycles. The molecule has 0 N–H and O–H groups in total. The Morgan fingerprint density at radius 1 is 1.43 bits per heavy atom. The smallest absolute Gasteiger partial charge is 0.312 e. The lowest BCUT2D eigenvalue weighted by atomic mass is 10.2. The molecule has 0 spiro atoms. The molecule has 6 heteroatoms. The fourth-order valence-electron chi connectivity index (χ4n) is 1.84. The molecular weight excluding hydrogens is 293 g/mol. The van der Waals surface area contributed by atoms with Crippen LogP contribution in [0.2, 0.25) is 0 Å². The van der Waals surface area contributed by atoms with Gasteiger partial charge in [0, 0.05) is 25.9 Å². The number of esters is 1. The van der Waals surface area contributed by atoms with Crippen LogP contribution in [0.3, 0.4) is 0 Å². The Morgan fingerprint density at radius 3 is 2.81 bits per heavy atom. The Bertz CT molecular complexity index is 482. The quantitative estimate of drug-likeness (QED) is 0.419. The summed E-state index contributed by atoms with van der Waals surface area (Å²) in [4.78, 5) is 13.7. The molecule has 1 aromatic rings. The van der Waals surface area contributed by atoms with Gasteiger partial charge in [0.1, 0.15) is 5.82 Å². The Balaban J connectivity index is 2.80. The minimum atomic E-state index is -0.379. The van der Waals surface area contributed by atoms with E-state index in [1.165, 1.54) is 12.1 Å². The van der Waals surface area contributed by atoms with Crippen molar-refractivity contribution in [3.63, 3.8) is 0 Å². The summed E-state index contributed by atoms with van der Waals surface area (Å²) in [6.07, 6.45) is 0.725. The van der Waals surface area contributed by atoms with Gasteiger partial charge in [-0.2, -0.15) is 0 Å². The predicted octanol–water partition coefficient (Wildman–Crippen LogP) is 2.95. The number of halogens is 1. The van der Waals surface area contributed by atoms with Crippen molar-refractivity contribution in [3.05, 3.63) is 30.1 Å². The number of hydrogen-bond acceptors (Lipinski definition) is 4. The van der Waals surface area contributed by atoms with Crippen LogP contribution in [-0.4, -0.2) is 37.8 Å². The fraction of sp³-hybridized carbons (Fsp3) is 0.467. The molecule has 0 unspecified atom stereocenters. The minimum Gasteiger partial charge on any atom is -0.466 e. The van der Waals surface area contributed by atoms with Crippen LogP contribution in [-0.2, 0) is 14.3 Å². The van der Waals surface area contributed by atoms with Gasteiger partial charge >= 0.3 is 5.97 Å². The van der Waals surface area contributed by atoms with Crippen LogP contribution in [0.4, 0.5) is 10.1 Å². The van der Waals surface area contributed by atoms with Gasteiger partial charge in [0.15, 0.2) is 0 Å². The van der Waals surface area contributed by atoms with Crippen molar-refractivity contribution in [1.29, 1.82) is 0 Å². The van der Waals surface area contributed by atoms with Crippen LogP contribution >= 0.6 is 12.2 Å². The van der Waals surface area contributed by atoms with Gasteiger partial charge in [-0.25, -0.2) is 4.39 Å². The lowest BCUT2D eigenvalue weighted by Gasteiger charge is -2.25. The highest BCUT2D eigenvalue weighted by molar-refractivity contribution is 7.80. The first-order valence-corrected chi connectivity index (χ1v) is 7.19. The summed E-state index contributed by atoms with van der Waals surface area (Å²) in [7, 11) is 1.61. The van der Waals surface area contributed by atoms with Gasteiger partial charge in [-0.05, 0) is 31.5 Å². The normalized spacial score (nSPS) is 10.2. The molecule has 1 rings (SSSR count). The molecule has 0 amide bonds. The van der Waals surface area contributed by atoms with Crippen LogP contribution in [0.1, 0.15) is 19.8 Å². The standard InChI is InChI=1S/C15H20FNO3S/c1-3-20-15(18)11-14(21)17(8-5-9-19-2)13-7-4-6-12(16)10-13/h4,6-7,10H,3,5,8-9,11H2,1-2H3. The van der Waals surface area contributed by atoms with Crippen LogP contribution in [0.15, 0.2) is 24.3 Å². The first-order valence-electron chi connectivity index (χ1n) is 6.79. The largest absolute Gasteiger partial charge is 0.466 e. The van der Waals surface area contributed by atoms with E-state index in [4.69, 9.17) is 21.7 Å². The zero-order valence-corrected chi connectivity index (χ0v) is 13.1. The van der Waals surface area contributed by atoms with E-state index in [1.54, 1.807) is 31.1 Å². The molecule has 0 radical (unpaired) electrons. The number of hydrogen-bond donors (Lipinski definition) is 0. The maximum absolute atomic E-state index is 13.4. The Hall–Kier alpha value is -1.53. The summed E-state index contributed by atoms with van der Waals surface area (Å²) < 4.78 is 23.3. The fourth-order valence-corrected chi connectivity index (χ4v) is 2.15. The van der Waals surface area contributed by atoms with Crippen LogP contribution in [0.25, 0.3) is 0 Å². The van der Waals surface area contributed by atoms with E-state index in [2.05, 4.69) is 0 Å². The van der Waals surface area contributed by atoms with Gasteiger partial charge in [-0.3, -0.25) is 4.79 Å². The van der Waals surface area contributed by atoms with E-state index in [0.29, 0.717) is 30.4 Å². The highest BCUT2D eigenvalue weighted by Crippen LogP contribution is 2.18. The monoisotopic (exact) mass is 313 g/mol. The van der Waals surface area contributed by atoms with E-state index in [9.17, 15) is 9.18 Å². The van der Waals surface area contributed by atoms with Crippen molar-refractivity contribution in [3.8, 4) is 0 Å². The van der Waals surface area contributed by atoms with E-state index in [0.717, 1.165) is 6.42 Å². The van der Waals surface area contributed by atoms with Crippen LogP contribution in [0.5, 0.6) is 0 Å². The van der Waals surface area contributed by atoms with Gasteiger partial charge in [0.25, 0.3) is 0 Å². The third-order valence-electron chi connectivity index (χ3n) is 2.75. The van der Waals surface area contributed by atoms with Gasteiger partial charge in [-0.15, -0.1) is 0 Å². The third kappa shape index (κ3) is 6.18. The molecule has 0 bridgehead atoms. The van der Waals surface area contributed by atoms with Crippen molar-refractivity contribution in [2.45, 2.75) is 19.8 Å². The van der Waals surface area contributed by atoms with E-state index >= 15 is 0 Å². The zero-order chi connectivity index (χ0) is 15.7. The molecule has 1 aromatic carbocycles. The van der Waals surface area contributed by atoms with E-state index in [1.807, 2.05) is 0 Å². The molecule has 0 aliphatic rings.